The topological polar surface area (TPSA) is 79.3 Å². The van der Waals surface area contributed by atoms with Gasteiger partial charge in [0, 0.05) is 6.20 Å². The third-order valence-electron chi connectivity index (χ3n) is 2.66. The Morgan fingerprint density at radius 3 is 2.41 bits per heavy atom. The van der Waals surface area contributed by atoms with Gasteiger partial charge in [-0.25, -0.2) is 9.78 Å². The molecular formula is C13H15F3N2O3S. The van der Waals surface area contributed by atoms with Crippen LogP contribution in [-0.2, 0) is 15.8 Å². The fraction of sp³-hybridized carbons (Fsp3) is 0.462. The molecule has 0 aliphatic heterocycles. The van der Waals surface area contributed by atoms with Crippen LogP contribution in [0.5, 0.6) is 0 Å². The summed E-state index contributed by atoms with van der Waals surface area (Å²) in [6.45, 7) is 3.31. The van der Waals surface area contributed by atoms with Gasteiger partial charge in [-0.3, -0.25) is 4.79 Å². The van der Waals surface area contributed by atoms with Crippen molar-refractivity contribution in [3.63, 3.8) is 0 Å². The molecule has 0 radical (unpaired) electrons. The smallest absolute Gasteiger partial charge is 0.417 e. The lowest BCUT2D eigenvalue weighted by atomic mass is 10.1. The summed E-state index contributed by atoms with van der Waals surface area (Å²) >= 11 is 0.930. The lowest BCUT2D eigenvalue weighted by Gasteiger charge is -2.17. The zero-order valence-corrected chi connectivity index (χ0v) is 12.7. The molecule has 9 heteroatoms. The number of carbonyl (C=O) groups excluding carboxylic acids is 1. The molecule has 122 valence electrons. The van der Waals surface area contributed by atoms with Gasteiger partial charge in [-0.1, -0.05) is 25.6 Å². The van der Waals surface area contributed by atoms with Crippen LogP contribution < -0.4 is 5.32 Å². The molecule has 0 aromatic carbocycles. The van der Waals surface area contributed by atoms with Crippen molar-refractivity contribution in [1.29, 1.82) is 0 Å². The van der Waals surface area contributed by atoms with E-state index in [1.54, 1.807) is 13.8 Å². The first-order valence-corrected chi connectivity index (χ1v) is 7.28. The standard InChI is InChI=1S/C13H15F3N2O3S/c1-7(2)11(12(20)21)18-9(19)6-22-10-4-3-8(5-17-10)13(14,15)16/h3-5,7,11H,6H2,1-2H3,(H,18,19)(H,20,21). The van der Waals surface area contributed by atoms with Crippen molar-refractivity contribution in [2.45, 2.75) is 31.1 Å². The predicted molar refractivity (Wildman–Crippen MR) is 74.4 cm³/mol. The number of nitrogens with zero attached hydrogens (tertiary/aromatic N) is 1. The lowest BCUT2D eigenvalue weighted by Crippen LogP contribution is -2.45. The number of pyridine rings is 1. The molecule has 0 saturated heterocycles. The van der Waals surface area contributed by atoms with Gasteiger partial charge in [-0.15, -0.1) is 0 Å². The number of aliphatic carboxylic acids is 1. The molecule has 0 bridgehead atoms. The maximum absolute atomic E-state index is 12.4. The van der Waals surface area contributed by atoms with E-state index in [9.17, 15) is 22.8 Å². The number of hydrogen-bond acceptors (Lipinski definition) is 4. The summed E-state index contributed by atoms with van der Waals surface area (Å²) in [6.07, 6.45) is -3.77. The summed E-state index contributed by atoms with van der Waals surface area (Å²) in [5, 5.41) is 11.5. The average Bonchev–Trinajstić information content (AvgIpc) is 2.41. The Labute approximate surface area is 129 Å². The number of amides is 1. The quantitative estimate of drug-likeness (QED) is 0.780. The molecule has 1 rings (SSSR count). The Bertz CT molecular complexity index is 532. The molecule has 0 aliphatic carbocycles. The minimum Gasteiger partial charge on any atom is -0.480 e. The van der Waals surface area contributed by atoms with Crippen molar-refractivity contribution in [3.8, 4) is 0 Å². The van der Waals surface area contributed by atoms with E-state index in [2.05, 4.69) is 10.3 Å². The molecule has 22 heavy (non-hydrogen) atoms. The summed E-state index contributed by atoms with van der Waals surface area (Å²) in [5.74, 6) is -2.07. The molecule has 0 saturated carbocycles. The summed E-state index contributed by atoms with van der Waals surface area (Å²) < 4.78 is 37.1. The minimum atomic E-state index is -4.46. The number of rotatable bonds is 6. The molecule has 5 nitrogen and oxygen atoms in total. The van der Waals surface area contributed by atoms with E-state index in [1.807, 2.05) is 0 Å². The van der Waals surface area contributed by atoms with Gasteiger partial charge >= 0.3 is 12.1 Å². The van der Waals surface area contributed by atoms with Gasteiger partial charge in [0.2, 0.25) is 5.91 Å². The van der Waals surface area contributed by atoms with E-state index in [1.165, 1.54) is 0 Å². The largest absolute Gasteiger partial charge is 0.480 e. The van der Waals surface area contributed by atoms with Crippen LogP contribution in [0.1, 0.15) is 19.4 Å². The molecule has 1 atom stereocenters. The molecule has 0 aliphatic rings. The third-order valence-corrected chi connectivity index (χ3v) is 3.61. The van der Waals surface area contributed by atoms with Crippen molar-refractivity contribution in [2.75, 3.05) is 5.75 Å². The molecule has 1 heterocycles. The highest BCUT2D eigenvalue weighted by Crippen LogP contribution is 2.29. The molecule has 1 unspecified atom stereocenters. The lowest BCUT2D eigenvalue weighted by molar-refractivity contribution is -0.142. The van der Waals surface area contributed by atoms with Crippen molar-refractivity contribution in [2.24, 2.45) is 5.92 Å². The van der Waals surface area contributed by atoms with Gasteiger partial charge in [0.05, 0.1) is 16.3 Å². The Hall–Kier alpha value is -1.77. The molecule has 1 aromatic heterocycles. The van der Waals surface area contributed by atoms with Gasteiger partial charge in [0.1, 0.15) is 6.04 Å². The molecule has 0 fully saturated rings. The zero-order chi connectivity index (χ0) is 16.9. The molecule has 1 amide bonds. The van der Waals surface area contributed by atoms with E-state index in [-0.39, 0.29) is 16.7 Å². The fourth-order valence-electron chi connectivity index (χ4n) is 1.50. The van der Waals surface area contributed by atoms with Crippen molar-refractivity contribution in [3.05, 3.63) is 23.9 Å². The minimum absolute atomic E-state index is 0.130. The van der Waals surface area contributed by atoms with Gasteiger partial charge < -0.3 is 10.4 Å². The number of carboxylic acids is 1. The fourth-order valence-corrected chi connectivity index (χ4v) is 2.16. The number of halogens is 3. The van der Waals surface area contributed by atoms with Gasteiger partial charge in [-0.05, 0) is 18.1 Å². The molecule has 0 spiro atoms. The highest BCUT2D eigenvalue weighted by atomic mass is 32.2. The van der Waals surface area contributed by atoms with Crippen molar-refractivity contribution in [1.82, 2.24) is 10.3 Å². The second kappa shape index (κ2) is 7.48. The first kappa shape index (κ1) is 18.3. The number of nitrogens with one attached hydrogen (secondary N) is 1. The number of hydrogen-bond donors (Lipinski definition) is 2. The third kappa shape index (κ3) is 5.55. The summed E-state index contributed by atoms with van der Waals surface area (Å²) in [4.78, 5) is 26.2. The van der Waals surface area contributed by atoms with Crippen molar-refractivity contribution >= 4 is 23.6 Å². The van der Waals surface area contributed by atoms with E-state index in [0.717, 1.165) is 23.9 Å². The average molecular weight is 336 g/mol. The van der Waals surface area contributed by atoms with Crippen LogP contribution >= 0.6 is 11.8 Å². The Morgan fingerprint density at radius 2 is 2.00 bits per heavy atom. The van der Waals surface area contributed by atoms with E-state index >= 15 is 0 Å². The second-order valence-corrected chi connectivity index (χ2v) is 5.79. The molecule has 2 N–H and O–H groups in total. The van der Waals surface area contributed by atoms with Gasteiger partial charge in [0.25, 0.3) is 0 Å². The van der Waals surface area contributed by atoms with Crippen LogP contribution in [-0.4, -0.2) is 33.8 Å². The highest BCUT2D eigenvalue weighted by Gasteiger charge is 2.30. The van der Waals surface area contributed by atoms with Crippen LogP contribution in [0.3, 0.4) is 0 Å². The maximum Gasteiger partial charge on any atom is 0.417 e. The van der Waals surface area contributed by atoms with Crippen LogP contribution in [0.4, 0.5) is 13.2 Å². The van der Waals surface area contributed by atoms with Crippen LogP contribution in [0.25, 0.3) is 0 Å². The number of carboxylic acid groups (broad SMARTS) is 1. The zero-order valence-electron chi connectivity index (χ0n) is 11.8. The van der Waals surface area contributed by atoms with Crippen LogP contribution in [0, 0.1) is 5.92 Å². The predicted octanol–water partition coefficient (Wildman–Crippen LogP) is 2.42. The molecular weight excluding hydrogens is 321 g/mol. The number of alkyl halides is 3. The Morgan fingerprint density at radius 1 is 1.36 bits per heavy atom. The summed E-state index contributed by atoms with van der Waals surface area (Å²) in [7, 11) is 0. The monoisotopic (exact) mass is 336 g/mol. The van der Waals surface area contributed by atoms with E-state index < -0.39 is 29.7 Å². The number of thioether (sulfide) groups is 1. The first-order valence-electron chi connectivity index (χ1n) is 6.29. The highest BCUT2D eigenvalue weighted by molar-refractivity contribution is 7.99. The van der Waals surface area contributed by atoms with Crippen molar-refractivity contribution < 1.29 is 27.9 Å². The van der Waals surface area contributed by atoms with Gasteiger partial charge in [0.15, 0.2) is 0 Å². The van der Waals surface area contributed by atoms with E-state index in [0.29, 0.717) is 6.20 Å². The maximum atomic E-state index is 12.4. The molecule has 1 aromatic rings. The summed E-state index contributed by atoms with van der Waals surface area (Å²) in [5.41, 5.74) is -0.868. The van der Waals surface area contributed by atoms with Crippen LogP contribution in [0.2, 0.25) is 0 Å². The van der Waals surface area contributed by atoms with E-state index in [4.69, 9.17) is 5.11 Å². The SMILES string of the molecule is CC(C)C(NC(=O)CSc1ccc(C(F)(F)F)cn1)C(=O)O. The normalized spacial score (nSPS) is 13.0. The summed E-state index contributed by atoms with van der Waals surface area (Å²) in [6, 6.07) is 1.04. The van der Waals surface area contributed by atoms with Gasteiger partial charge in [-0.2, -0.15) is 13.2 Å². The van der Waals surface area contributed by atoms with Crippen LogP contribution in [0.15, 0.2) is 23.4 Å². The first-order chi connectivity index (χ1) is 10.1. The second-order valence-electron chi connectivity index (χ2n) is 4.80. The Kier molecular flexibility index (Phi) is 6.21. The number of carbonyl (C=O) groups is 2. The number of aromatic nitrogens is 1. The Balaban J connectivity index is 2.55.